The lowest BCUT2D eigenvalue weighted by Crippen LogP contribution is -2.57. The van der Waals surface area contributed by atoms with Gasteiger partial charge in [0.05, 0.1) is 12.6 Å². The highest BCUT2D eigenvalue weighted by molar-refractivity contribution is 5.86. The van der Waals surface area contributed by atoms with Gasteiger partial charge < -0.3 is 24.8 Å². The van der Waals surface area contributed by atoms with E-state index in [2.05, 4.69) is 29.7 Å². The summed E-state index contributed by atoms with van der Waals surface area (Å²) < 4.78 is 17.4. The van der Waals surface area contributed by atoms with Crippen LogP contribution in [0.25, 0.3) is 0 Å². The summed E-state index contributed by atoms with van der Waals surface area (Å²) in [4.78, 5) is 39.4. The number of unbranched alkanes of at least 4 members (excludes halogenated alkanes) is 6. The van der Waals surface area contributed by atoms with Gasteiger partial charge >= 0.3 is 5.97 Å². The number of carbonyl (C=O) groups is 3. The molecule has 1 saturated carbocycles. The van der Waals surface area contributed by atoms with E-state index >= 15 is 0 Å². The predicted molar refractivity (Wildman–Crippen MR) is 168 cm³/mol. The van der Waals surface area contributed by atoms with E-state index in [9.17, 15) is 14.4 Å². The number of rotatable bonds is 16. The van der Waals surface area contributed by atoms with E-state index < -0.39 is 29.4 Å². The Hall–Kier alpha value is -2.45. The molecule has 0 bridgehead atoms. The van der Waals surface area contributed by atoms with Crippen molar-refractivity contribution in [3.8, 4) is 0 Å². The van der Waals surface area contributed by atoms with Gasteiger partial charge in [0.1, 0.15) is 18.8 Å². The van der Waals surface area contributed by atoms with Crippen LogP contribution in [-0.4, -0.2) is 55.0 Å². The van der Waals surface area contributed by atoms with Crippen molar-refractivity contribution in [3.05, 3.63) is 35.9 Å². The van der Waals surface area contributed by atoms with E-state index in [0.29, 0.717) is 19.4 Å². The summed E-state index contributed by atoms with van der Waals surface area (Å²) in [5.74, 6) is -1.83. The largest absolute Gasteiger partial charge is 0.459 e. The maximum absolute atomic E-state index is 13.6. The molecule has 1 heterocycles. The Morgan fingerprint density at radius 3 is 2.35 bits per heavy atom. The molecular weight excluding hydrogens is 544 g/mol. The molecule has 242 valence electrons. The number of nitrogens with one attached hydrogen (secondary N) is 2. The zero-order valence-corrected chi connectivity index (χ0v) is 27.3. The predicted octanol–water partition coefficient (Wildman–Crippen LogP) is 6.25. The monoisotopic (exact) mass is 600 g/mol. The third-order valence-corrected chi connectivity index (χ3v) is 8.71. The third kappa shape index (κ3) is 11.9. The van der Waals surface area contributed by atoms with Crippen LogP contribution in [0, 0.1) is 11.3 Å². The van der Waals surface area contributed by atoms with Gasteiger partial charge in [0.15, 0.2) is 5.79 Å². The highest BCUT2D eigenvalue weighted by Gasteiger charge is 2.46. The van der Waals surface area contributed by atoms with Gasteiger partial charge in [-0.05, 0) is 51.5 Å². The van der Waals surface area contributed by atoms with Crippen LogP contribution in [0.5, 0.6) is 0 Å². The summed E-state index contributed by atoms with van der Waals surface area (Å²) >= 11 is 0. The highest BCUT2D eigenvalue weighted by Crippen LogP contribution is 2.35. The van der Waals surface area contributed by atoms with Crippen molar-refractivity contribution in [1.82, 2.24) is 10.6 Å². The van der Waals surface area contributed by atoms with Gasteiger partial charge in [0.2, 0.25) is 11.8 Å². The fourth-order valence-electron chi connectivity index (χ4n) is 6.06. The molecule has 0 aromatic heterocycles. The molecular formula is C35H56N2O6. The first-order chi connectivity index (χ1) is 20.5. The Bertz CT molecular complexity index is 1010. The standard InChI is InChI=1S/C35H56N2O6/c1-6-7-8-9-10-11-15-20-27(23-26-18-13-12-14-19-26)32(39)37-28-21-16-17-22-29(28)42-30(38)24-36-33(40)31-34(2,3)25-41-35(4,5)43-31/h12-14,18-19,27-29,31H,6-11,15-17,20-25H2,1-5H3,(H,36,40)(H,37,39)/t27?,28-,29-,31?/m0/s1. The zero-order valence-electron chi connectivity index (χ0n) is 27.3. The Balaban J connectivity index is 1.53. The van der Waals surface area contributed by atoms with E-state index in [1.54, 1.807) is 13.8 Å². The van der Waals surface area contributed by atoms with Crippen molar-refractivity contribution >= 4 is 17.8 Å². The Kier molecular flexibility index (Phi) is 14.0. The lowest BCUT2D eigenvalue weighted by molar-refractivity contribution is -0.304. The third-order valence-electron chi connectivity index (χ3n) is 8.71. The van der Waals surface area contributed by atoms with E-state index in [4.69, 9.17) is 14.2 Å². The minimum Gasteiger partial charge on any atom is -0.459 e. The number of carbonyl (C=O) groups excluding carboxylic acids is 3. The molecule has 43 heavy (non-hydrogen) atoms. The fourth-order valence-corrected chi connectivity index (χ4v) is 6.06. The van der Waals surface area contributed by atoms with Gasteiger partial charge in [-0.15, -0.1) is 0 Å². The van der Waals surface area contributed by atoms with E-state index in [-0.39, 0.29) is 30.3 Å². The lowest BCUT2D eigenvalue weighted by atomic mass is 9.85. The van der Waals surface area contributed by atoms with Crippen molar-refractivity contribution in [1.29, 1.82) is 0 Å². The number of esters is 1. The second-order valence-corrected chi connectivity index (χ2v) is 13.6. The lowest BCUT2D eigenvalue weighted by Gasteiger charge is -2.44. The molecule has 0 spiro atoms. The number of amides is 2. The second-order valence-electron chi connectivity index (χ2n) is 13.6. The first-order valence-corrected chi connectivity index (χ1v) is 16.6. The van der Waals surface area contributed by atoms with Gasteiger partial charge in [0.25, 0.3) is 0 Å². The molecule has 2 N–H and O–H groups in total. The van der Waals surface area contributed by atoms with Crippen molar-refractivity contribution in [3.63, 3.8) is 0 Å². The minimum atomic E-state index is -0.876. The number of hydrogen-bond acceptors (Lipinski definition) is 6. The van der Waals surface area contributed by atoms with Crippen molar-refractivity contribution in [2.45, 2.75) is 142 Å². The summed E-state index contributed by atoms with van der Waals surface area (Å²) in [6, 6.07) is 9.96. The molecule has 3 rings (SSSR count). The summed E-state index contributed by atoms with van der Waals surface area (Å²) in [5.41, 5.74) is 0.626. The van der Waals surface area contributed by atoms with Gasteiger partial charge in [0, 0.05) is 11.3 Å². The Labute approximate surface area is 259 Å². The second kappa shape index (κ2) is 17.1. The van der Waals surface area contributed by atoms with E-state index in [1.165, 1.54) is 32.1 Å². The van der Waals surface area contributed by atoms with Crippen LogP contribution in [0.1, 0.15) is 117 Å². The van der Waals surface area contributed by atoms with Crippen LogP contribution in [0.4, 0.5) is 0 Å². The number of benzene rings is 1. The van der Waals surface area contributed by atoms with E-state index in [1.807, 2.05) is 32.0 Å². The summed E-state index contributed by atoms with van der Waals surface area (Å²) in [6.45, 7) is 9.70. The SMILES string of the molecule is CCCCCCCCCC(Cc1ccccc1)C(=O)N[C@H]1CCCC[C@@H]1OC(=O)CNC(=O)C1OC(C)(C)OCC1(C)C. The average Bonchev–Trinajstić information content (AvgIpc) is 2.97. The summed E-state index contributed by atoms with van der Waals surface area (Å²) in [5, 5.41) is 5.96. The highest BCUT2D eigenvalue weighted by atomic mass is 16.7. The van der Waals surface area contributed by atoms with Gasteiger partial charge in [-0.3, -0.25) is 14.4 Å². The van der Waals surface area contributed by atoms with Crippen LogP contribution in [0.15, 0.2) is 30.3 Å². The molecule has 1 aromatic rings. The van der Waals surface area contributed by atoms with Crippen LogP contribution in [0.3, 0.4) is 0 Å². The smallest absolute Gasteiger partial charge is 0.325 e. The average molecular weight is 601 g/mol. The molecule has 2 amide bonds. The van der Waals surface area contributed by atoms with Gasteiger partial charge in [-0.2, -0.15) is 0 Å². The Morgan fingerprint density at radius 1 is 0.953 bits per heavy atom. The fraction of sp³-hybridized carbons (Fsp3) is 0.743. The maximum atomic E-state index is 13.6. The minimum absolute atomic E-state index is 0.0394. The maximum Gasteiger partial charge on any atom is 0.325 e. The molecule has 1 aromatic carbocycles. The van der Waals surface area contributed by atoms with Crippen LogP contribution < -0.4 is 10.6 Å². The Morgan fingerprint density at radius 2 is 1.63 bits per heavy atom. The zero-order chi connectivity index (χ0) is 31.3. The molecule has 1 aliphatic heterocycles. The van der Waals surface area contributed by atoms with Crippen molar-refractivity contribution < 1.29 is 28.6 Å². The number of hydrogen-bond donors (Lipinski definition) is 2. The van der Waals surface area contributed by atoms with Gasteiger partial charge in [-0.25, -0.2) is 0 Å². The molecule has 1 aliphatic carbocycles. The molecule has 2 aliphatic rings. The number of ether oxygens (including phenoxy) is 3. The molecule has 2 fully saturated rings. The van der Waals surface area contributed by atoms with Gasteiger partial charge in [-0.1, -0.05) is 102 Å². The normalized spacial score (nSPS) is 23.6. The molecule has 8 nitrogen and oxygen atoms in total. The summed E-state index contributed by atoms with van der Waals surface area (Å²) in [7, 11) is 0. The van der Waals surface area contributed by atoms with Crippen molar-refractivity contribution in [2.75, 3.05) is 13.2 Å². The first-order valence-electron chi connectivity index (χ1n) is 16.6. The quantitative estimate of drug-likeness (QED) is 0.172. The topological polar surface area (TPSA) is 103 Å². The van der Waals surface area contributed by atoms with E-state index in [0.717, 1.165) is 44.1 Å². The summed E-state index contributed by atoms with van der Waals surface area (Å²) in [6.07, 6.45) is 12.2. The molecule has 2 unspecified atom stereocenters. The molecule has 0 radical (unpaired) electrons. The van der Waals surface area contributed by atoms with Crippen LogP contribution >= 0.6 is 0 Å². The van der Waals surface area contributed by atoms with Crippen LogP contribution in [-0.2, 0) is 35.0 Å². The molecule has 8 heteroatoms. The molecule has 1 saturated heterocycles. The van der Waals surface area contributed by atoms with Crippen molar-refractivity contribution in [2.24, 2.45) is 11.3 Å². The molecule has 4 atom stereocenters. The van der Waals surface area contributed by atoms with Crippen LogP contribution in [0.2, 0.25) is 0 Å². The first kappa shape index (κ1) is 35.0.